The predicted molar refractivity (Wildman–Crippen MR) is 74.5 cm³/mol. The van der Waals surface area contributed by atoms with Crippen LogP contribution in [0.4, 0.5) is 10.1 Å². The number of amides is 1. The maximum atomic E-state index is 13.6. The number of carbonyl (C=O) groups excluding carboxylic acids is 1. The first-order valence-electron chi connectivity index (χ1n) is 6.34. The molecule has 0 fully saturated rings. The molecule has 106 valence electrons. The van der Waals surface area contributed by atoms with Gasteiger partial charge in [-0.3, -0.25) is 9.48 Å². The summed E-state index contributed by atoms with van der Waals surface area (Å²) in [5, 5.41) is 4.12. The molecule has 0 bridgehead atoms. The third-order valence-electron chi connectivity index (χ3n) is 3.03. The Bertz CT molecular complexity index is 623. The number of aryl methyl sites for hydroxylation is 1. The van der Waals surface area contributed by atoms with E-state index in [1.807, 2.05) is 6.92 Å². The highest BCUT2D eigenvalue weighted by Gasteiger charge is 2.19. The van der Waals surface area contributed by atoms with Crippen molar-refractivity contribution in [2.24, 2.45) is 0 Å². The van der Waals surface area contributed by atoms with Gasteiger partial charge in [0.25, 0.3) is 5.91 Å². The van der Waals surface area contributed by atoms with Crippen molar-refractivity contribution < 1.29 is 9.18 Å². The molecule has 1 heterocycles. The van der Waals surface area contributed by atoms with Crippen molar-refractivity contribution in [3.05, 3.63) is 47.5 Å². The molecule has 0 saturated heterocycles. The fourth-order valence-corrected chi connectivity index (χ4v) is 1.90. The second-order valence-electron chi connectivity index (χ2n) is 4.54. The fraction of sp³-hybridized carbons (Fsp3) is 0.286. The van der Waals surface area contributed by atoms with Crippen molar-refractivity contribution in [2.45, 2.75) is 20.0 Å². The first-order chi connectivity index (χ1) is 9.52. The standard InChI is InChI=1S/C14H17FN4O/c1-3-19-9-12(16)13(17-19)14(20)18(2)8-10-6-4-5-7-11(10)15/h4-7,9H,3,8,16H2,1-2H3. The Kier molecular flexibility index (Phi) is 4.02. The van der Waals surface area contributed by atoms with Gasteiger partial charge < -0.3 is 10.6 Å². The molecular formula is C14H17FN4O. The number of aromatic nitrogens is 2. The molecule has 0 aliphatic rings. The summed E-state index contributed by atoms with van der Waals surface area (Å²) in [6.45, 7) is 2.71. The highest BCUT2D eigenvalue weighted by molar-refractivity contribution is 5.96. The maximum absolute atomic E-state index is 13.6. The van der Waals surface area contributed by atoms with Crippen molar-refractivity contribution in [1.29, 1.82) is 0 Å². The Hall–Kier alpha value is -2.37. The number of nitrogens with two attached hydrogens (primary N) is 1. The van der Waals surface area contributed by atoms with Crippen molar-refractivity contribution in [1.82, 2.24) is 14.7 Å². The number of halogens is 1. The Morgan fingerprint density at radius 2 is 2.15 bits per heavy atom. The maximum Gasteiger partial charge on any atom is 0.276 e. The lowest BCUT2D eigenvalue weighted by molar-refractivity contribution is 0.0778. The molecule has 1 amide bonds. The van der Waals surface area contributed by atoms with Crippen molar-refractivity contribution in [3.8, 4) is 0 Å². The quantitative estimate of drug-likeness (QED) is 0.927. The molecule has 0 unspecified atom stereocenters. The lowest BCUT2D eigenvalue weighted by Crippen LogP contribution is -2.27. The van der Waals surface area contributed by atoms with E-state index in [0.29, 0.717) is 17.8 Å². The molecule has 2 aromatic rings. The summed E-state index contributed by atoms with van der Waals surface area (Å²) in [6.07, 6.45) is 1.62. The first-order valence-corrected chi connectivity index (χ1v) is 6.34. The van der Waals surface area contributed by atoms with Crippen LogP contribution in [0.25, 0.3) is 0 Å². The van der Waals surface area contributed by atoms with E-state index in [2.05, 4.69) is 5.10 Å². The second-order valence-corrected chi connectivity index (χ2v) is 4.54. The monoisotopic (exact) mass is 276 g/mol. The molecular weight excluding hydrogens is 259 g/mol. The Labute approximate surface area is 116 Å². The molecule has 0 aliphatic carbocycles. The van der Waals surface area contributed by atoms with E-state index in [4.69, 9.17) is 5.73 Å². The number of hydrogen-bond donors (Lipinski definition) is 1. The topological polar surface area (TPSA) is 64.2 Å². The van der Waals surface area contributed by atoms with Crippen LogP contribution in [0.5, 0.6) is 0 Å². The summed E-state index contributed by atoms with van der Waals surface area (Å²) in [5.74, 6) is -0.655. The zero-order valence-electron chi connectivity index (χ0n) is 11.5. The van der Waals surface area contributed by atoms with Gasteiger partial charge in [-0.2, -0.15) is 5.10 Å². The number of benzene rings is 1. The average Bonchev–Trinajstić information content (AvgIpc) is 2.81. The fourth-order valence-electron chi connectivity index (χ4n) is 1.90. The van der Waals surface area contributed by atoms with Crippen molar-refractivity contribution in [2.75, 3.05) is 12.8 Å². The van der Waals surface area contributed by atoms with Crippen LogP contribution < -0.4 is 5.73 Å². The van der Waals surface area contributed by atoms with Gasteiger partial charge in [0.2, 0.25) is 0 Å². The molecule has 6 heteroatoms. The number of anilines is 1. The molecule has 0 atom stereocenters. The molecule has 5 nitrogen and oxygen atoms in total. The first kappa shape index (κ1) is 14.0. The van der Waals surface area contributed by atoms with E-state index in [-0.39, 0.29) is 24.0 Å². The molecule has 2 rings (SSSR count). The van der Waals surface area contributed by atoms with Crippen LogP contribution in [0, 0.1) is 5.82 Å². The molecule has 1 aromatic carbocycles. The Morgan fingerprint density at radius 3 is 2.75 bits per heavy atom. The van der Waals surface area contributed by atoms with E-state index in [9.17, 15) is 9.18 Å². The van der Waals surface area contributed by atoms with Crippen LogP contribution in [-0.2, 0) is 13.1 Å². The molecule has 0 spiro atoms. The normalized spacial score (nSPS) is 10.6. The SMILES string of the molecule is CCn1cc(N)c(C(=O)N(C)Cc2ccccc2F)n1. The van der Waals surface area contributed by atoms with Gasteiger partial charge in [-0.25, -0.2) is 4.39 Å². The number of carbonyl (C=O) groups is 1. The van der Waals surface area contributed by atoms with E-state index in [1.165, 1.54) is 11.0 Å². The highest BCUT2D eigenvalue weighted by atomic mass is 19.1. The van der Waals surface area contributed by atoms with Crippen molar-refractivity contribution >= 4 is 11.6 Å². The highest BCUT2D eigenvalue weighted by Crippen LogP contribution is 2.14. The summed E-state index contributed by atoms with van der Waals surface area (Å²) < 4.78 is 15.2. The smallest absolute Gasteiger partial charge is 0.276 e. The van der Waals surface area contributed by atoms with Gasteiger partial charge in [0.15, 0.2) is 5.69 Å². The summed E-state index contributed by atoms with van der Waals surface area (Å²) in [7, 11) is 1.60. The lowest BCUT2D eigenvalue weighted by Gasteiger charge is -2.16. The number of nitrogen functional groups attached to an aromatic ring is 1. The minimum absolute atomic E-state index is 0.171. The minimum atomic E-state index is -0.334. The van der Waals surface area contributed by atoms with E-state index >= 15 is 0 Å². The van der Waals surface area contributed by atoms with Crippen LogP contribution in [-0.4, -0.2) is 27.6 Å². The van der Waals surface area contributed by atoms with Gasteiger partial charge in [-0.15, -0.1) is 0 Å². The van der Waals surface area contributed by atoms with Crippen LogP contribution >= 0.6 is 0 Å². The molecule has 0 radical (unpaired) electrons. The van der Waals surface area contributed by atoms with Crippen LogP contribution in [0.1, 0.15) is 23.0 Å². The predicted octanol–water partition coefficient (Wildman–Crippen LogP) is 1.90. The molecule has 20 heavy (non-hydrogen) atoms. The molecule has 0 saturated carbocycles. The molecule has 1 aromatic heterocycles. The van der Waals surface area contributed by atoms with Crippen LogP contribution in [0.2, 0.25) is 0 Å². The molecule has 0 aliphatic heterocycles. The molecule has 2 N–H and O–H groups in total. The Morgan fingerprint density at radius 1 is 1.45 bits per heavy atom. The lowest BCUT2D eigenvalue weighted by atomic mass is 10.2. The zero-order valence-corrected chi connectivity index (χ0v) is 11.5. The minimum Gasteiger partial charge on any atom is -0.396 e. The van der Waals surface area contributed by atoms with Crippen LogP contribution in [0.15, 0.2) is 30.5 Å². The zero-order chi connectivity index (χ0) is 14.7. The Balaban J connectivity index is 2.16. The largest absolute Gasteiger partial charge is 0.396 e. The van der Waals surface area contributed by atoms with Gasteiger partial charge in [-0.1, -0.05) is 18.2 Å². The summed E-state index contributed by atoms with van der Waals surface area (Å²) in [4.78, 5) is 13.7. The second kappa shape index (κ2) is 5.73. The number of nitrogens with zero attached hydrogens (tertiary/aromatic N) is 3. The summed E-state index contributed by atoms with van der Waals surface area (Å²) in [5.41, 5.74) is 6.76. The third-order valence-corrected chi connectivity index (χ3v) is 3.03. The van der Waals surface area contributed by atoms with Crippen molar-refractivity contribution in [3.63, 3.8) is 0 Å². The van der Waals surface area contributed by atoms with E-state index < -0.39 is 0 Å². The summed E-state index contributed by atoms with van der Waals surface area (Å²) >= 11 is 0. The van der Waals surface area contributed by atoms with Gasteiger partial charge in [0, 0.05) is 31.9 Å². The van der Waals surface area contributed by atoms with Gasteiger partial charge in [-0.05, 0) is 13.0 Å². The third kappa shape index (κ3) is 2.79. The number of rotatable bonds is 4. The number of hydrogen-bond acceptors (Lipinski definition) is 3. The summed E-state index contributed by atoms with van der Waals surface area (Å²) in [6, 6.07) is 6.36. The van der Waals surface area contributed by atoms with Gasteiger partial charge in [0.1, 0.15) is 5.82 Å². The van der Waals surface area contributed by atoms with Gasteiger partial charge >= 0.3 is 0 Å². The average molecular weight is 276 g/mol. The van der Waals surface area contributed by atoms with Crippen LogP contribution in [0.3, 0.4) is 0 Å². The van der Waals surface area contributed by atoms with E-state index in [0.717, 1.165) is 0 Å². The van der Waals surface area contributed by atoms with E-state index in [1.54, 1.807) is 36.1 Å². The van der Waals surface area contributed by atoms with Gasteiger partial charge in [0.05, 0.1) is 5.69 Å².